The van der Waals surface area contributed by atoms with Crippen LogP contribution in [-0.4, -0.2) is 24.8 Å². The summed E-state index contributed by atoms with van der Waals surface area (Å²) in [5.74, 6) is 2.22. The third-order valence-corrected chi connectivity index (χ3v) is 5.32. The van der Waals surface area contributed by atoms with Crippen LogP contribution in [0.5, 0.6) is 11.5 Å². The Bertz CT molecular complexity index is 592. The van der Waals surface area contributed by atoms with E-state index < -0.39 is 0 Å². The van der Waals surface area contributed by atoms with Crippen LogP contribution in [0, 0.1) is 5.92 Å². The third kappa shape index (κ3) is 3.15. The molecule has 2 bridgehead atoms. The lowest BCUT2D eigenvalue weighted by Crippen LogP contribution is -2.40. The first-order valence-electron chi connectivity index (χ1n) is 8.62. The molecule has 5 heteroatoms. The zero-order chi connectivity index (χ0) is 15.8. The van der Waals surface area contributed by atoms with Gasteiger partial charge in [0.25, 0.3) is 0 Å². The van der Waals surface area contributed by atoms with Crippen molar-refractivity contribution in [1.82, 2.24) is 10.6 Å². The fraction of sp³-hybridized carbons (Fsp3) is 0.611. The predicted molar refractivity (Wildman–Crippen MR) is 86.4 cm³/mol. The summed E-state index contributed by atoms with van der Waals surface area (Å²) in [7, 11) is 0. The number of hydrogen-bond donors (Lipinski definition) is 2. The van der Waals surface area contributed by atoms with Crippen molar-refractivity contribution in [3.63, 3.8) is 0 Å². The van der Waals surface area contributed by atoms with E-state index in [0.29, 0.717) is 24.4 Å². The molecule has 3 unspecified atom stereocenters. The molecule has 3 atom stereocenters. The van der Waals surface area contributed by atoms with Gasteiger partial charge in [-0.1, -0.05) is 6.07 Å². The van der Waals surface area contributed by atoms with E-state index in [-0.39, 0.29) is 18.7 Å². The van der Waals surface area contributed by atoms with Crippen LogP contribution in [0.1, 0.15) is 50.6 Å². The lowest BCUT2D eigenvalue weighted by atomic mass is 9.89. The largest absolute Gasteiger partial charge is 0.454 e. The van der Waals surface area contributed by atoms with Crippen LogP contribution >= 0.6 is 0 Å². The maximum Gasteiger partial charge on any atom is 0.231 e. The number of nitrogens with one attached hydrogen (secondary N) is 2. The summed E-state index contributed by atoms with van der Waals surface area (Å²) in [6.07, 6.45) is 5.47. The maximum absolute atomic E-state index is 12.4. The van der Waals surface area contributed by atoms with Crippen molar-refractivity contribution in [3.05, 3.63) is 23.8 Å². The monoisotopic (exact) mass is 316 g/mol. The van der Waals surface area contributed by atoms with E-state index in [1.807, 2.05) is 25.1 Å². The molecule has 0 saturated carbocycles. The van der Waals surface area contributed by atoms with Gasteiger partial charge in [0.15, 0.2) is 11.5 Å². The minimum absolute atomic E-state index is 0.0181. The Morgan fingerprint density at radius 1 is 1.26 bits per heavy atom. The molecule has 3 aliphatic rings. The summed E-state index contributed by atoms with van der Waals surface area (Å²) in [6, 6.07) is 7.11. The van der Waals surface area contributed by atoms with Crippen molar-refractivity contribution in [1.29, 1.82) is 0 Å². The Morgan fingerprint density at radius 2 is 2.00 bits per heavy atom. The highest BCUT2D eigenvalue weighted by Crippen LogP contribution is 2.35. The van der Waals surface area contributed by atoms with Gasteiger partial charge in [0.1, 0.15) is 0 Å². The minimum Gasteiger partial charge on any atom is -0.454 e. The molecule has 124 valence electrons. The molecular weight excluding hydrogens is 292 g/mol. The van der Waals surface area contributed by atoms with Gasteiger partial charge in [-0.25, -0.2) is 0 Å². The Kier molecular flexibility index (Phi) is 3.89. The van der Waals surface area contributed by atoms with Gasteiger partial charge in [0.2, 0.25) is 12.7 Å². The van der Waals surface area contributed by atoms with E-state index in [0.717, 1.165) is 29.9 Å². The lowest BCUT2D eigenvalue weighted by Gasteiger charge is -2.29. The van der Waals surface area contributed by atoms with Crippen LogP contribution in [0.25, 0.3) is 0 Å². The van der Waals surface area contributed by atoms with Crippen molar-refractivity contribution < 1.29 is 14.3 Å². The summed E-state index contributed by atoms with van der Waals surface area (Å²) in [4.78, 5) is 12.4. The van der Waals surface area contributed by atoms with Crippen LogP contribution in [0.2, 0.25) is 0 Å². The first-order valence-corrected chi connectivity index (χ1v) is 8.62. The maximum atomic E-state index is 12.4. The first-order chi connectivity index (χ1) is 11.2. The highest BCUT2D eigenvalue weighted by atomic mass is 16.7. The van der Waals surface area contributed by atoms with Gasteiger partial charge in [-0.15, -0.1) is 0 Å². The molecule has 0 radical (unpaired) electrons. The number of benzene rings is 1. The van der Waals surface area contributed by atoms with Gasteiger partial charge in [-0.2, -0.15) is 0 Å². The van der Waals surface area contributed by atoms with Crippen molar-refractivity contribution in [2.75, 3.05) is 6.79 Å². The normalized spacial score (nSPS) is 29.3. The van der Waals surface area contributed by atoms with Crippen molar-refractivity contribution in [2.45, 2.75) is 57.2 Å². The standard InChI is InChI=1S/C18H24N2O3/c1-11(13-2-5-16-17(9-13)23-10-22-16)19-18(21)8-12-6-14-3-4-15(7-12)20-14/h2,5,9,11-12,14-15,20H,3-4,6-8,10H2,1H3,(H,19,21). The van der Waals surface area contributed by atoms with Crippen molar-refractivity contribution in [3.8, 4) is 11.5 Å². The second-order valence-electron chi connectivity index (χ2n) is 7.08. The zero-order valence-corrected chi connectivity index (χ0v) is 13.5. The number of piperidine rings is 1. The van der Waals surface area contributed by atoms with Gasteiger partial charge in [0.05, 0.1) is 6.04 Å². The van der Waals surface area contributed by atoms with Crippen LogP contribution in [0.3, 0.4) is 0 Å². The fourth-order valence-electron chi connectivity index (χ4n) is 4.17. The number of carbonyl (C=O) groups is 1. The Labute approximate surface area is 136 Å². The van der Waals surface area contributed by atoms with Crippen LogP contribution in [0.4, 0.5) is 0 Å². The Morgan fingerprint density at radius 3 is 2.78 bits per heavy atom. The lowest BCUT2D eigenvalue weighted by molar-refractivity contribution is -0.122. The Hall–Kier alpha value is -1.75. The second-order valence-corrected chi connectivity index (χ2v) is 7.08. The van der Waals surface area contributed by atoms with Gasteiger partial charge in [-0.05, 0) is 56.2 Å². The molecular formula is C18H24N2O3. The highest BCUT2D eigenvalue weighted by Gasteiger charge is 2.34. The number of amides is 1. The average Bonchev–Trinajstić information content (AvgIpc) is 3.12. The predicted octanol–water partition coefficient (Wildman–Crippen LogP) is 2.51. The molecule has 2 fully saturated rings. The smallest absolute Gasteiger partial charge is 0.231 e. The van der Waals surface area contributed by atoms with E-state index in [2.05, 4.69) is 10.6 Å². The number of ether oxygens (including phenoxy) is 2. The number of fused-ring (bicyclic) bond motifs is 3. The summed E-state index contributed by atoms with van der Waals surface area (Å²) in [5.41, 5.74) is 1.05. The van der Waals surface area contributed by atoms with E-state index in [4.69, 9.17) is 9.47 Å². The Balaban J connectivity index is 1.33. The second kappa shape index (κ2) is 6.04. The quantitative estimate of drug-likeness (QED) is 0.896. The zero-order valence-electron chi connectivity index (χ0n) is 13.5. The average molecular weight is 316 g/mol. The molecule has 4 rings (SSSR count). The molecule has 0 aliphatic carbocycles. The van der Waals surface area contributed by atoms with E-state index in [1.165, 1.54) is 12.8 Å². The molecule has 0 aromatic heterocycles. The van der Waals surface area contributed by atoms with Crippen LogP contribution < -0.4 is 20.1 Å². The topological polar surface area (TPSA) is 59.6 Å². The minimum atomic E-state index is -0.0181. The molecule has 3 heterocycles. The molecule has 2 N–H and O–H groups in total. The number of hydrogen-bond acceptors (Lipinski definition) is 4. The number of carbonyl (C=O) groups excluding carboxylic acids is 1. The SMILES string of the molecule is CC(NC(=O)CC1CC2CCC(C1)N2)c1ccc2c(c1)OCO2. The molecule has 23 heavy (non-hydrogen) atoms. The molecule has 3 aliphatic heterocycles. The molecule has 1 aromatic rings. The van der Waals surface area contributed by atoms with Gasteiger partial charge >= 0.3 is 0 Å². The summed E-state index contributed by atoms with van der Waals surface area (Å²) < 4.78 is 10.7. The summed E-state index contributed by atoms with van der Waals surface area (Å²) in [5, 5.41) is 6.76. The van der Waals surface area contributed by atoms with Crippen molar-refractivity contribution >= 4 is 5.91 Å². The van der Waals surface area contributed by atoms with E-state index in [1.54, 1.807) is 0 Å². The fourth-order valence-corrected chi connectivity index (χ4v) is 4.17. The third-order valence-electron chi connectivity index (χ3n) is 5.32. The van der Waals surface area contributed by atoms with Gasteiger partial charge in [-0.3, -0.25) is 4.79 Å². The molecule has 5 nitrogen and oxygen atoms in total. The van der Waals surface area contributed by atoms with Gasteiger partial charge in [0, 0.05) is 18.5 Å². The summed E-state index contributed by atoms with van der Waals surface area (Å²) >= 11 is 0. The molecule has 1 amide bonds. The van der Waals surface area contributed by atoms with E-state index >= 15 is 0 Å². The van der Waals surface area contributed by atoms with Gasteiger partial charge < -0.3 is 20.1 Å². The highest BCUT2D eigenvalue weighted by molar-refractivity contribution is 5.76. The molecule has 1 aromatic carbocycles. The number of rotatable bonds is 4. The van der Waals surface area contributed by atoms with Crippen LogP contribution in [-0.2, 0) is 4.79 Å². The van der Waals surface area contributed by atoms with Crippen LogP contribution in [0.15, 0.2) is 18.2 Å². The molecule has 2 saturated heterocycles. The van der Waals surface area contributed by atoms with E-state index in [9.17, 15) is 4.79 Å². The molecule has 0 spiro atoms. The first kappa shape index (κ1) is 14.8. The summed E-state index contributed by atoms with van der Waals surface area (Å²) in [6.45, 7) is 2.29. The van der Waals surface area contributed by atoms with Crippen molar-refractivity contribution in [2.24, 2.45) is 5.92 Å².